The molecule has 2 amide bonds. The van der Waals surface area contributed by atoms with Crippen LogP contribution >= 0.6 is 11.6 Å². The Hall–Kier alpha value is -2.98. The minimum absolute atomic E-state index is 0.0269. The van der Waals surface area contributed by atoms with E-state index in [2.05, 4.69) is 15.7 Å². The molecule has 0 radical (unpaired) electrons. The van der Waals surface area contributed by atoms with Crippen LogP contribution in [0, 0.1) is 5.92 Å². The Morgan fingerprint density at radius 3 is 2.56 bits per heavy atom. The molecule has 1 fully saturated rings. The second-order valence-electron chi connectivity index (χ2n) is 7.77. The normalized spacial score (nSPS) is 15.6. The third kappa shape index (κ3) is 5.43. The molecule has 0 spiro atoms. The number of carbonyl (C=O) groups is 2. The van der Waals surface area contributed by atoms with E-state index in [1.807, 2.05) is 0 Å². The number of aliphatic hydroxyl groups excluding tert-OH is 1. The van der Waals surface area contributed by atoms with E-state index in [1.54, 1.807) is 0 Å². The number of aromatic nitrogens is 3. The van der Waals surface area contributed by atoms with Gasteiger partial charge in [0.15, 0.2) is 0 Å². The van der Waals surface area contributed by atoms with E-state index >= 15 is 0 Å². The van der Waals surface area contributed by atoms with Gasteiger partial charge in [-0.25, -0.2) is 9.36 Å². The molecular weight excluding hydrogens is 438 g/mol. The Kier molecular flexibility index (Phi) is 7.81. The number of amides is 2. The van der Waals surface area contributed by atoms with E-state index in [9.17, 15) is 24.3 Å². The van der Waals surface area contributed by atoms with Gasteiger partial charge in [-0.15, -0.1) is 0 Å². The first-order chi connectivity index (χ1) is 15.3. The van der Waals surface area contributed by atoms with Crippen molar-refractivity contribution in [1.82, 2.24) is 25.0 Å². The molecule has 1 aromatic carbocycles. The summed E-state index contributed by atoms with van der Waals surface area (Å²) in [6.45, 7) is -0.467. The zero-order valence-electron chi connectivity index (χ0n) is 17.7. The number of nitrogens with one attached hydrogen (secondary N) is 2. The third-order valence-corrected chi connectivity index (χ3v) is 5.94. The lowest BCUT2D eigenvalue weighted by Gasteiger charge is -2.22. The molecule has 0 saturated heterocycles. The van der Waals surface area contributed by atoms with Gasteiger partial charge in [-0.2, -0.15) is 9.78 Å². The van der Waals surface area contributed by atoms with Gasteiger partial charge in [-0.1, -0.05) is 37.3 Å². The van der Waals surface area contributed by atoms with Crippen molar-refractivity contribution in [2.45, 2.75) is 51.3 Å². The van der Waals surface area contributed by atoms with Gasteiger partial charge in [0.05, 0.1) is 16.3 Å². The predicted octanol–water partition coefficient (Wildman–Crippen LogP) is 0.812. The van der Waals surface area contributed by atoms with Gasteiger partial charge in [0.2, 0.25) is 5.91 Å². The van der Waals surface area contributed by atoms with Crippen LogP contribution in [0.4, 0.5) is 0 Å². The first-order valence-electron chi connectivity index (χ1n) is 10.5. The Morgan fingerprint density at radius 2 is 1.91 bits per heavy atom. The molecule has 10 nitrogen and oxygen atoms in total. The van der Waals surface area contributed by atoms with Gasteiger partial charge >= 0.3 is 5.69 Å². The summed E-state index contributed by atoms with van der Waals surface area (Å²) in [5.74, 6) is -1.13. The minimum atomic E-state index is -1.00. The van der Waals surface area contributed by atoms with Gasteiger partial charge < -0.3 is 15.7 Å². The van der Waals surface area contributed by atoms with Crippen LogP contribution in [0.2, 0.25) is 5.02 Å². The van der Waals surface area contributed by atoms with Crippen LogP contribution in [0.3, 0.4) is 0 Å². The molecule has 32 heavy (non-hydrogen) atoms. The van der Waals surface area contributed by atoms with E-state index in [-0.39, 0.29) is 22.2 Å². The standard InChI is InChI=1S/C21H26ClN5O5/c1-23-17(28)12-26-18(29)11-24-27(21(26)32)14-8-9-16(22)15(10-14)20(31)25-19(30)13-6-4-2-3-5-7-13/h8-11,13,19,30H,2-7,12H2,1H3,(H,23,28)(H,25,31). The summed E-state index contributed by atoms with van der Waals surface area (Å²) in [6.07, 6.45) is 5.83. The van der Waals surface area contributed by atoms with Crippen LogP contribution in [0.25, 0.3) is 5.69 Å². The highest BCUT2D eigenvalue weighted by molar-refractivity contribution is 6.33. The number of carbonyl (C=O) groups excluding carboxylic acids is 2. The van der Waals surface area contributed by atoms with Crippen molar-refractivity contribution >= 4 is 23.4 Å². The number of benzene rings is 1. The Bertz CT molecular complexity index is 1100. The molecule has 1 unspecified atom stereocenters. The summed E-state index contributed by atoms with van der Waals surface area (Å²) in [5, 5.41) is 19.4. The number of likely N-dealkylation sites (N-methyl/N-ethyl adjacent to an activating group) is 1. The predicted molar refractivity (Wildman–Crippen MR) is 118 cm³/mol. The number of nitrogens with zero attached hydrogens (tertiary/aromatic N) is 3. The number of aliphatic hydroxyl groups is 1. The quantitative estimate of drug-likeness (QED) is 0.428. The Balaban J connectivity index is 1.88. The highest BCUT2D eigenvalue weighted by atomic mass is 35.5. The van der Waals surface area contributed by atoms with E-state index in [0.717, 1.165) is 54.0 Å². The topological polar surface area (TPSA) is 135 Å². The zero-order chi connectivity index (χ0) is 23.3. The molecule has 172 valence electrons. The number of hydrogen-bond donors (Lipinski definition) is 3. The molecule has 3 N–H and O–H groups in total. The molecule has 2 aromatic rings. The minimum Gasteiger partial charge on any atom is -0.373 e. The first-order valence-corrected chi connectivity index (χ1v) is 10.9. The second kappa shape index (κ2) is 10.6. The zero-order valence-corrected chi connectivity index (χ0v) is 18.5. The maximum atomic E-state index is 12.8. The molecule has 1 atom stereocenters. The Morgan fingerprint density at radius 1 is 1.22 bits per heavy atom. The summed E-state index contributed by atoms with van der Waals surface area (Å²) >= 11 is 6.20. The van der Waals surface area contributed by atoms with Crippen molar-refractivity contribution in [2.75, 3.05) is 7.05 Å². The summed E-state index contributed by atoms with van der Waals surface area (Å²) < 4.78 is 1.63. The summed E-state index contributed by atoms with van der Waals surface area (Å²) in [4.78, 5) is 49.2. The molecular formula is C21H26ClN5O5. The fourth-order valence-corrected chi connectivity index (χ4v) is 3.96. The van der Waals surface area contributed by atoms with Crippen LogP contribution in [0.1, 0.15) is 48.9 Å². The largest absolute Gasteiger partial charge is 0.373 e. The van der Waals surface area contributed by atoms with Crippen LogP contribution < -0.4 is 21.9 Å². The SMILES string of the molecule is CNC(=O)Cn1c(=O)cnn(-c2ccc(Cl)c(C(=O)NC(O)C3CCCCCC3)c2)c1=O. The molecule has 11 heteroatoms. The summed E-state index contributed by atoms with van der Waals surface area (Å²) in [7, 11) is 1.39. The molecule has 1 aromatic heterocycles. The maximum Gasteiger partial charge on any atom is 0.352 e. The lowest BCUT2D eigenvalue weighted by atomic mass is 9.98. The van der Waals surface area contributed by atoms with Crippen molar-refractivity contribution in [3.05, 3.63) is 55.8 Å². The average molecular weight is 464 g/mol. The van der Waals surface area contributed by atoms with Crippen molar-refractivity contribution in [2.24, 2.45) is 5.92 Å². The highest BCUT2D eigenvalue weighted by Gasteiger charge is 2.24. The van der Waals surface area contributed by atoms with Gasteiger partial charge in [-0.3, -0.25) is 14.4 Å². The molecule has 1 aliphatic rings. The fraction of sp³-hybridized carbons (Fsp3) is 0.476. The van der Waals surface area contributed by atoms with Crippen LogP contribution in [-0.2, 0) is 11.3 Å². The van der Waals surface area contributed by atoms with Crippen LogP contribution in [-0.4, -0.2) is 44.5 Å². The fourth-order valence-electron chi connectivity index (χ4n) is 3.76. The van der Waals surface area contributed by atoms with E-state index in [4.69, 9.17) is 11.6 Å². The summed E-state index contributed by atoms with van der Waals surface area (Å²) in [5.41, 5.74) is -1.34. The van der Waals surface area contributed by atoms with Crippen molar-refractivity contribution < 1.29 is 14.7 Å². The van der Waals surface area contributed by atoms with Crippen LogP contribution in [0.15, 0.2) is 34.0 Å². The van der Waals surface area contributed by atoms with E-state index in [0.29, 0.717) is 0 Å². The maximum absolute atomic E-state index is 12.8. The monoisotopic (exact) mass is 463 g/mol. The molecule has 0 aliphatic heterocycles. The van der Waals surface area contributed by atoms with Crippen molar-refractivity contribution in [1.29, 1.82) is 0 Å². The molecule has 1 heterocycles. The van der Waals surface area contributed by atoms with Crippen molar-refractivity contribution in [3.8, 4) is 5.69 Å². The highest BCUT2D eigenvalue weighted by Crippen LogP contribution is 2.25. The second-order valence-corrected chi connectivity index (χ2v) is 8.18. The van der Waals surface area contributed by atoms with Gasteiger partial charge in [0.1, 0.15) is 19.0 Å². The van der Waals surface area contributed by atoms with Crippen LogP contribution in [0.5, 0.6) is 0 Å². The molecule has 1 saturated carbocycles. The Labute approximate surface area is 189 Å². The van der Waals surface area contributed by atoms with Crippen molar-refractivity contribution in [3.63, 3.8) is 0 Å². The van der Waals surface area contributed by atoms with Gasteiger partial charge in [0.25, 0.3) is 11.5 Å². The number of halogens is 1. The number of hydrogen-bond acceptors (Lipinski definition) is 6. The van der Waals surface area contributed by atoms with E-state index < -0.39 is 35.8 Å². The lowest BCUT2D eigenvalue weighted by molar-refractivity contribution is -0.121. The average Bonchev–Trinajstić information content (AvgIpc) is 3.06. The van der Waals surface area contributed by atoms with Gasteiger partial charge in [-0.05, 0) is 31.0 Å². The third-order valence-electron chi connectivity index (χ3n) is 5.61. The van der Waals surface area contributed by atoms with Gasteiger partial charge in [0, 0.05) is 13.0 Å². The molecule has 0 bridgehead atoms. The molecule has 3 rings (SSSR count). The number of rotatable bonds is 6. The molecule has 1 aliphatic carbocycles. The lowest BCUT2D eigenvalue weighted by Crippen LogP contribution is -2.43. The smallest absolute Gasteiger partial charge is 0.352 e. The first kappa shape index (κ1) is 23.7. The summed E-state index contributed by atoms with van der Waals surface area (Å²) in [6, 6.07) is 4.23. The van der Waals surface area contributed by atoms with E-state index in [1.165, 1.54) is 25.2 Å².